The molecule has 0 saturated carbocycles. The molecular formula is C54H33N3Se. The Bertz CT molecular complexity index is 3750. The molecule has 9 aromatic carbocycles. The van der Waals surface area contributed by atoms with Crippen molar-refractivity contribution in [2.75, 3.05) is 0 Å². The van der Waals surface area contributed by atoms with E-state index < -0.39 is 0 Å². The Kier molecular flexibility index (Phi) is 6.74. The number of nitrogens with zero attached hydrogens (tertiary/aromatic N) is 3. The van der Waals surface area contributed by atoms with Crippen LogP contribution >= 0.6 is 0 Å². The van der Waals surface area contributed by atoms with Gasteiger partial charge in [-0.25, -0.2) is 0 Å². The summed E-state index contributed by atoms with van der Waals surface area (Å²) in [5.74, 6) is 0. The van der Waals surface area contributed by atoms with Crippen LogP contribution in [0, 0.1) is 0 Å². The maximum absolute atomic E-state index is 2.53. The minimum atomic E-state index is 0.231. The molecule has 0 N–H and O–H groups in total. The van der Waals surface area contributed by atoms with Crippen molar-refractivity contribution in [1.29, 1.82) is 0 Å². The molecule has 4 aromatic heterocycles. The fourth-order valence-electron chi connectivity index (χ4n) is 9.74. The second kappa shape index (κ2) is 12.2. The molecule has 13 aromatic rings. The average molecular weight is 803 g/mol. The van der Waals surface area contributed by atoms with E-state index in [0.29, 0.717) is 0 Å². The number of fused-ring (bicyclic) bond motifs is 12. The standard InChI is InChI=1S/C54H33N3Se/c1-2-14-34(15-3-1)35-30-51(54-42-20-8-13-25-52(42)58-53(54)31-35)57-48-24-12-7-19-41(48)44-33-37(27-29-50(44)57)56-47-23-11-6-18-40(47)43-32-36(26-28-49(43)56)55-45-21-9-4-16-38(45)39-17-5-10-22-46(39)55/h1-33H. The first-order valence-corrected chi connectivity index (χ1v) is 21.6. The monoisotopic (exact) mass is 803 g/mol. The molecule has 0 aliphatic rings. The summed E-state index contributed by atoms with van der Waals surface area (Å²) >= 11 is 0.231. The van der Waals surface area contributed by atoms with Crippen molar-refractivity contribution < 1.29 is 0 Å². The van der Waals surface area contributed by atoms with E-state index in [0.717, 1.165) is 5.69 Å². The van der Waals surface area contributed by atoms with Gasteiger partial charge in [0.1, 0.15) is 0 Å². The van der Waals surface area contributed by atoms with Crippen molar-refractivity contribution in [1.82, 2.24) is 13.7 Å². The van der Waals surface area contributed by atoms with Gasteiger partial charge in [0.25, 0.3) is 0 Å². The zero-order valence-electron chi connectivity index (χ0n) is 31.3. The van der Waals surface area contributed by atoms with E-state index in [2.05, 4.69) is 214 Å². The topological polar surface area (TPSA) is 14.8 Å². The molecule has 0 fully saturated rings. The van der Waals surface area contributed by atoms with Gasteiger partial charge in [-0.1, -0.05) is 42.5 Å². The second-order valence-electron chi connectivity index (χ2n) is 15.3. The van der Waals surface area contributed by atoms with Crippen molar-refractivity contribution in [2.45, 2.75) is 0 Å². The third-order valence-electron chi connectivity index (χ3n) is 12.2. The number of aromatic nitrogens is 3. The third kappa shape index (κ3) is 4.50. The Morgan fingerprint density at radius 1 is 0.276 bits per heavy atom. The van der Waals surface area contributed by atoms with Gasteiger partial charge in [0, 0.05) is 16.5 Å². The van der Waals surface area contributed by atoms with Crippen molar-refractivity contribution in [3.05, 3.63) is 200 Å². The van der Waals surface area contributed by atoms with Gasteiger partial charge in [0.05, 0.1) is 11.0 Å². The summed E-state index contributed by atoms with van der Waals surface area (Å²) in [7, 11) is 0. The van der Waals surface area contributed by atoms with Gasteiger partial charge in [-0.2, -0.15) is 0 Å². The molecule has 0 unspecified atom stereocenters. The molecule has 0 saturated heterocycles. The van der Waals surface area contributed by atoms with Gasteiger partial charge in [-0.15, -0.1) is 0 Å². The van der Waals surface area contributed by atoms with E-state index in [1.165, 1.54) is 107 Å². The fraction of sp³-hybridized carbons (Fsp3) is 0. The summed E-state index contributed by atoms with van der Waals surface area (Å²) in [5.41, 5.74) is 13.3. The van der Waals surface area contributed by atoms with Crippen LogP contribution in [0.4, 0.5) is 0 Å². The molecule has 0 aliphatic heterocycles. The zero-order chi connectivity index (χ0) is 37.9. The van der Waals surface area contributed by atoms with Gasteiger partial charge < -0.3 is 4.57 Å². The van der Waals surface area contributed by atoms with Crippen LogP contribution in [0.1, 0.15) is 0 Å². The first kappa shape index (κ1) is 32.0. The molecule has 0 bridgehead atoms. The van der Waals surface area contributed by atoms with Crippen molar-refractivity contribution in [3.63, 3.8) is 0 Å². The number of rotatable bonds is 4. The van der Waals surface area contributed by atoms with Crippen molar-refractivity contribution >= 4 is 99.2 Å². The zero-order valence-corrected chi connectivity index (χ0v) is 33.0. The maximum atomic E-state index is 2.53. The van der Waals surface area contributed by atoms with Gasteiger partial charge in [-0.3, -0.25) is 0 Å². The Hall–Kier alpha value is -7.10. The van der Waals surface area contributed by atoms with E-state index in [9.17, 15) is 0 Å². The van der Waals surface area contributed by atoms with Crippen LogP contribution in [0.5, 0.6) is 0 Å². The van der Waals surface area contributed by atoms with E-state index in [4.69, 9.17) is 0 Å². The molecule has 4 heteroatoms. The summed E-state index contributed by atoms with van der Waals surface area (Å²) in [6.45, 7) is 0. The Morgan fingerprint density at radius 2 is 0.707 bits per heavy atom. The van der Waals surface area contributed by atoms with Gasteiger partial charge in [-0.05, 0) is 12.1 Å². The van der Waals surface area contributed by atoms with Crippen molar-refractivity contribution in [3.8, 4) is 28.2 Å². The van der Waals surface area contributed by atoms with Crippen LogP contribution in [-0.4, -0.2) is 28.2 Å². The molecule has 13 rings (SSSR count). The molecule has 0 aliphatic carbocycles. The van der Waals surface area contributed by atoms with E-state index >= 15 is 0 Å². The molecule has 58 heavy (non-hydrogen) atoms. The molecule has 4 heterocycles. The van der Waals surface area contributed by atoms with Crippen LogP contribution in [0.3, 0.4) is 0 Å². The van der Waals surface area contributed by atoms with Gasteiger partial charge in [0.15, 0.2) is 0 Å². The molecular weight excluding hydrogens is 770 g/mol. The molecule has 0 radical (unpaired) electrons. The summed E-state index contributed by atoms with van der Waals surface area (Å²) in [6, 6.07) is 74.1. The van der Waals surface area contributed by atoms with Crippen LogP contribution in [0.25, 0.3) is 113 Å². The minimum absolute atomic E-state index is 0.231. The third-order valence-corrected chi connectivity index (χ3v) is 14.6. The molecule has 270 valence electrons. The summed E-state index contributed by atoms with van der Waals surface area (Å²) in [5, 5.41) is 10.3. The SMILES string of the molecule is c1ccc(-c2cc(-n3c4ccccc4c4cc(-n5c6ccccc6c6cc(-n7c8ccccc8c8ccccc87)ccc65)ccc43)c3c(c2)[se]c2ccccc23)cc1. The van der Waals surface area contributed by atoms with Crippen LogP contribution < -0.4 is 0 Å². The van der Waals surface area contributed by atoms with E-state index in [1.807, 2.05) is 0 Å². The summed E-state index contributed by atoms with van der Waals surface area (Å²) in [6.07, 6.45) is 0. The van der Waals surface area contributed by atoms with E-state index in [-0.39, 0.29) is 14.5 Å². The van der Waals surface area contributed by atoms with Gasteiger partial charge >= 0.3 is 255 Å². The van der Waals surface area contributed by atoms with Crippen LogP contribution in [0.15, 0.2) is 200 Å². The second-order valence-corrected chi connectivity index (χ2v) is 17.6. The molecule has 0 atom stereocenters. The number of hydrogen-bond acceptors (Lipinski definition) is 0. The Morgan fingerprint density at radius 3 is 1.28 bits per heavy atom. The molecule has 0 amide bonds. The number of benzene rings is 9. The number of para-hydroxylation sites is 4. The Balaban J connectivity index is 1.06. The molecule has 3 nitrogen and oxygen atoms in total. The summed E-state index contributed by atoms with van der Waals surface area (Å²) < 4.78 is 10.3. The quantitative estimate of drug-likeness (QED) is 0.158. The van der Waals surface area contributed by atoms with E-state index in [1.54, 1.807) is 0 Å². The predicted octanol–water partition coefficient (Wildman–Crippen LogP) is 14.0. The molecule has 0 spiro atoms. The number of hydrogen-bond donors (Lipinski definition) is 0. The average Bonchev–Trinajstić information content (AvgIpc) is 4.02. The van der Waals surface area contributed by atoms with Gasteiger partial charge in [0.2, 0.25) is 0 Å². The predicted molar refractivity (Wildman–Crippen MR) is 247 cm³/mol. The normalized spacial score (nSPS) is 12.1. The van der Waals surface area contributed by atoms with Crippen molar-refractivity contribution in [2.24, 2.45) is 0 Å². The first-order chi connectivity index (χ1) is 28.8. The Labute approximate surface area is 339 Å². The fourth-order valence-corrected chi connectivity index (χ4v) is 12.2. The van der Waals surface area contributed by atoms with Crippen LogP contribution in [0.2, 0.25) is 0 Å². The van der Waals surface area contributed by atoms with Crippen LogP contribution in [-0.2, 0) is 0 Å². The first-order valence-electron chi connectivity index (χ1n) is 19.8. The summed E-state index contributed by atoms with van der Waals surface area (Å²) in [4.78, 5) is 0.